The Kier molecular flexibility index (Phi) is 8.77. The van der Waals surface area contributed by atoms with Gasteiger partial charge in [0.2, 0.25) is 0 Å². The first-order valence-corrected chi connectivity index (χ1v) is 17.6. The lowest BCUT2D eigenvalue weighted by molar-refractivity contribution is 1.07. The summed E-state index contributed by atoms with van der Waals surface area (Å²) >= 11 is 0. The first-order valence-electron chi connectivity index (χ1n) is 17.6. The summed E-state index contributed by atoms with van der Waals surface area (Å²) in [4.78, 5) is 33.8. The highest BCUT2D eigenvalue weighted by atomic mass is 15.0. The van der Waals surface area contributed by atoms with Crippen molar-refractivity contribution in [1.82, 2.24) is 34.9 Å². The van der Waals surface area contributed by atoms with E-state index in [1.165, 1.54) is 0 Å². The second-order valence-electron chi connectivity index (χ2n) is 12.7. The van der Waals surface area contributed by atoms with Crippen LogP contribution in [0.3, 0.4) is 0 Å². The minimum absolute atomic E-state index is 0.617. The highest BCUT2D eigenvalue weighted by molar-refractivity contribution is 5.76. The SMILES string of the molecule is c1ccc(-c2nc(-c3ccccc3)nc(-c3ccc(-c4cncc(-c5ccc(-c6nc(-c7ccccc7)nc(-c7ccccc7)n6)cc5)c4)cc3)n2)cc1. The molecule has 3 aromatic heterocycles. The maximum atomic E-state index is 4.88. The lowest BCUT2D eigenvalue weighted by Gasteiger charge is -2.10. The van der Waals surface area contributed by atoms with Gasteiger partial charge in [0.05, 0.1) is 0 Å². The predicted molar refractivity (Wildman–Crippen MR) is 214 cm³/mol. The van der Waals surface area contributed by atoms with Crippen LogP contribution >= 0.6 is 0 Å². The molecule has 0 radical (unpaired) electrons. The summed E-state index contributed by atoms with van der Waals surface area (Å²) in [6, 6.07) is 58.7. The molecule has 0 N–H and O–H groups in total. The van der Waals surface area contributed by atoms with Crippen LogP contribution < -0.4 is 0 Å². The second-order valence-corrected chi connectivity index (χ2v) is 12.7. The molecule has 6 aromatic carbocycles. The van der Waals surface area contributed by atoms with E-state index in [-0.39, 0.29) is 0 Å². The van der Waals surface area contributed by atoms with Crippen molar-refractivity contribution in [2.75, 3.05) is 0 Å². The average Bonchev–Trinajstić information content (AvgIpc) is 3.27. The van der Waals surface area contributed by atoms with Crippen molar-refractivity contribution >= 4 is 0 Å². The molecule has 0 fully saturated rings. The third kappa shape index (κ3) is 6.89. The van der Waals surface area contributed by atoms with E-state index in [1.807, 2.05) is 134 Å². The third-order valence-corrected chi connectivity index (χ3v) is 9.09. The van der Waals surface area contributed by atoms with Gasteiger partial charge in [0.25, 0.3) is 0 Å². The molecular weight excluding hydrogens is 663 g/mol. The standard InChI is InChI=1S/C47H31N7/c1-5-13-34(14-6-1)42-49-43(35-15-7-2-8-16-35)52-46(51-42)38-25-21-32(22-26-38)40-29-41(31-48-30-40)33-23-27-39(28-24-33)47-53-44(36-17-9-3-10-18-36)50-45(54-47)37-19-11-4-12-20-37/h1-31H. The summed E-state index contributed by atoms with van der Waals surface area (Å²) in [5.74, 6) is 3.77. The summed E-state index contributed by atoms with van der Waals surface area (Å²) in [5.41, 5.74) is 9.65. The van der Waals surface area contributed by atoms with Crippen molar-refractivity contribution < 1.29 is 0 Å². The van der Waals surface area contributed by atoms with Crippen LogP contribution in [0, 0.1) is 0 Å². The average molecular weight is 694 g/mol. The zero-order chi connectivity index (χ0) is 36.1. The van der Waals surface area contributed by atoms with E-state index in [1.54, 1.807) is 0 Å². The van der Waals surface area contributed by atoms with Crippen LogP contribution in [0.25, 0.3) is 90.6 Å². The molecule has 9 rings (SSSR count). The molecule has 0 saturated heterocycles. The van der Waals surface area contributed by atoms with Crippen molar-refractivity contribution in [2.24, 2.45) is 0 Å². The lowest BCUT2D eigenvalue weighted by Crippen LogP contribution is -2.00. The Morgan fingerprint density at radius 2 is 0.426 bits per heavy atom. The van der Waals surface area contributed by atoms with Gasteiger partial charge in [-0.25, -0.2) is 29.9 Å². The highest BCUT2D eigenvalue weighted by Crippen LogP contribution is 2.31. The summed E-state index contributed by atoms with van der Waals surface area (Å²) in [6.45, 7) is 0. The van der Waals surface area contributed by atoms with Crippen LogP contribution in [0.2, 0.25) is 0 Å². The van der Waals surface area contributed by atoms with Crippen molar-refractivity contribution in [3.63, 3.8) is 0 Å². The maximum absolute atomic E-state index is 4.88. The van der Waals surface area contributed by atoms with Crippen molar-refractivity contribution in [3.05, 3.63) is 188 Å². The van der Waals surface area contributed by atoms with E-state index < -0.39 is 0 Å². The molecule has 0 atom stereocenters. The monoisotopic (exact) mass is 693 g/mol. The summed E-state index contributed by atoms with van der Waals surface area (Å²) in [5, 5.41) is 0. The lowest BCUT2D eigenvalue weighted by atomic mass is 10.00. The molecule has 7 heteroatoms. The molecule has 0 aliphatic heterocycles. The molecule has 0 aliphatic rings. The van der Waals surface area contributed by atoms with E-state index in [0.717, 1.165) is 55.6 Å². The van der Waals surface area contributed by atoms with E-state index in [2.05, 4.69) is 59.6 Å². The van der Waals surface area contributed by atoms with Gasteiger partial charge in [0, 0.05) is 56.9 Å². The number of benzene rings is 6. The molecule has 254 valence electrons. The summed E-state index contributed by atoms with van der Waals surface area (Å²) in [7, 11) is 0. The molecule has 9 aromatic rings. The van der Waals surface area contributed by atoms with Gasteiger partial charge >= 0.3 is 0 Å². The van der Waals surface area contributed by atoms with E-state index in [4.69, 9.17) is 29.9 Å². The minimum atomic E-state index is 0.617. The first-order chi connectivity index (χ1) is 26.7. The quantitative estimate of drug-likeness (QED) is 0.156. The number of hydrogen-bond acceptors (Lipinski definition) is 7. The first kappa shape index (κ1) is 32.4. The zero-order valence-electron chi connectivity index (χ0n) is 29.0. The summed E-state index contributed by atoms with van der Waals surface area (Å²) < 4.78 is 0. The van der Waals surface area contributed by atoms with Crippen LogP contribution in [-0.2, 0) is 0 Å². The van der Waals surface area contributed by atoms with Gasteiger partial charge in [-0.15, -0.1) is 0 Å². The van der Waals surface area contributed by atoms with Crippen LogP contribution in [0.15, 0.2) is 188 Å². The molecule has 0 amide bonds. The van der Waals surface area contributed by atoms with Gasteiger partial charge in [-0.1, -0.05) is 170 Å². The fraction of sp³-hybridized carbons (Fsp3) is 0. The number of pyridine rings is 1. The van der Waals surface area contributed by atoms with Crippen LogP contribution in [0.1, 0.15) is 0 Å². The molecule has 0 unspecified atom stereocenters. The Hall–Kier alpha value is -7.51. The summed E-state index contributed by atoms with van der Waals surface area (Å²) in [6.07, 6.45) is 3.77. The van der Waals surface area contributed by atoms with Gasteiger partial charge in [-0.2, -0.15) is 0 Å². The van der Waals surface area contributed by atoms with Gasteiger partial charge in [-0.05, 0) is 17.2 Å². The van der Waals surface area contributed by atoms with Crippen LogP contribution in [-0.4, -0.2) is 34.9 Å². The molecule has 3 heterocycles. The fourth-order valence-corrected chi connectivity index (χ4v) is 6.25. The topological polar surface area (TPSA) is 90.2 Å². The van der Waals surface area contributed by atoms with Crippen molar-refractivity contribution in [2.45, 2.75) is 0 Å². The minimum Gasteiger partial charge on any atom is -0.263 e. The molecule has 0 aliphatic carbocycles. The Labute approximate surface area is 312 Å². The molecule has 0 saturated carbocycles. The number of hydrogen-bond donors (Lipinski definition) is 0. The zero-order valence-corrected chi connectivity index (χ0v) is 29.0. The number of nitrogens with zero attached hydrogens (tertiary/aromatic N) is 7. The smallest absolute Gasteiger partial charge is 0.164 e. The molecule has 7 nitrogen and oxygen atoms in total. The van der Waals surface area contributed by atoms with Crippen molar-refractivity contribution in [3.8, 4) is 90.6 Å². The number of rotatable bonds is 8. The Bertz CT molecular complexity index is 2370. The molecular formula is C47H31N7. The third-order valence-electron chi connectivity index (χ3n) is 9.09. The highest BCUT2D eigenvalue weighted by Gasteiger charge is 2.14. The normalized spacial score (nSPS) is 11.0. The molecule has 0 spiro atoms. The van der Waals surface area contributed by atoms with Gasteiger partial charge in [0.1, 0.15) is 0 Å². The molecule has 0 bridgehead atoms. The predicted octanol–water partition coefficient (Wildman–Crippen LogP) is 10.8. The van der Waals surface area contributed by atoms with E-state index in [9.17, 15) is 0 Å². The Balaban J connectivity index is 1.00. The fourth-order valence-electron chi connectivity index (χ4n) is 6.25. The number of aromatic nitrogens is 7. The van der Waals surface area contributed by atoms with Gasteiger partial charge in [0.15, 0.2) is 34.9 Å². The van der Waals surface area contributed by atoms with Crippen LogP contribution in [0.5, 0.6) is 0 Å². The Morgan fingerprint density at radius 3 is 0.685 bits per heavy atom. The van der Waals surface area contributed by atoms with E-state index in [0.29, 0.717) is 34.9 Å². The molecule has 54 heavy (non-hydrogen) atoms. The maximum Gasteiger partial charge on any atom is 0.164 e. The van der Waals surface area contributed by atoms with Crippen molar-refractivity contribution in [1.29, 1.82) is 0 Å². The van der Waals surface area contributed by atoms with Crippen LogP contribution in [0.4, 0.5) is 0 Å². The Morgan fingerprint density at radius 1 is 0.204 bits per heavy atom. The second kappa shape index (κ2) is 14.6. The van der Waals surface area contributed by atoms with Gasteiger partial charge < -0.3 is 0 Å². The van der Waals surface area contributed by atoms with Gasteiger partial charge in [-0.3, -0.25) is 4.98 Å². The van der Waals surface area contributed by atoms with E-state index >= 15 is 0 Å². The largest absolute Gasteiger partial charge is 0.263 e.